The monoisotopic (exact) mass is 624 g/mol. The molecule has 1 saturated heterocycles. The van der Waals surface area contributed by atoms with Gasteiger partial charge in [0.05, 0.1) is 36.9 Å². The molecular weight excluding hydrogens is 584 g/mol. The van der Waals surface area contributed by atoms with Gasteiger partial charge in [-0.25, -0.2) is 31.1 Å². The van der Waals surface area contributed by atoms with Crippen molar-refractivity contribution in [2.24, 2.45) is 0 Å². The largest absolute Gasteiger partial charge is 0.477 e. The summed E-state index contributed by atoms with van der Waals surface area (Å²) in [6.07, 6.45) is 4.54. The molecule has 0 saturated carbocycles. The van der Waals surface area contributed by atoms with Gasteiger partial charge in [0.25, 0.3) is 5.56 Å². The van der Waals surface area contributed by atoms with Gasteiger partial charge in [0.2, 0.25) is 25.9 Å². The van der Waals surface area contributed by atoms with Crippen LogP contribution in [0.3, 0.4) is 0 Å². The number of pyridine rings is 1. The van der Waals surface area contributed by atoms with Gasteiger partial charge in [-0.1, -0.05) is 27.2 Å². The van der Waals surface area contributed by atoms with E-state index < -0.39 is 25.6 Å². The molecule has 3 aromatic heterocycles. The zero-order chi connectivity index (χ0) is 30.7. The van der Waals surface area contributed by atoms with Crippen LogP contribution in [0.1, 0.15) is 39.3 Å². The standard InChI is InChI=1S/C26H40N8O6S2/c1-6-9-16-40-26-20(17-19(18-27-26)42(38,39)33-13-11-32(8-3)12-14-33)24-28-22-21(7-2)34(30-23(22)25(35)29-24)15-10-31(4)41(5,36)37/h17-18H,6-16H2,1-5H3,(H,28,29,35). The summed E-state index contributed by atoms with van der Waals surface area (Å²) in [4.78, 5) is 27.2. The number of aryl methyl sites for hydroxylation is 1. The number of rotatable bonds is 13. The minimum Gasteiger partial charge on any atom is -0.477 e. The molecule has 0 amide bonds. The van der Waals surface area contributed by atoms with Crippen LogP contribution in [0.4, 0.5) is 0 Å². The molecule has 0 bridgehead atoms. The molecule has 0 atom stereocenters. The van der Waals surface area contributed by atoms with Crippen molar-refractivity contribution in [3.05, 3.63) is 28.3 Å². The van der Waals surface area contributed by atoms with Crippen LogP contribution in [0.2, 0.25) is 0 Å². The number of aromatic nitrogens is 5. The highest BCUT2D eigenvalue weighted by Crippen LogP contribution is 2.30. The maximum atomic E-state index is 13.6. The SMILES string of the molecule is CCCCOc1ncc(S(=O)(=O)N2CCN(CC)CC2)cc1-c1nc2c(CC)n(CCN(C)S(C)(=O)=O)nc2c(=O)[nH]1. The number of nitrogens with one attached hydrogen (secondary N) is 1. The van der Waals surface area contributed by atoms with E-state index in [4.69, 9.17) is 9.72 Å². The average molecular weight is 625 g/mol. The minimum absolute atomic E-state index is 0.0109. The highest BCUT2D eigenvalue weighted by Gasteiger charge is 2.30. The number of nitrogens with zero attached hydrogens (tertiary/aromatic N) is 7. The van der Waals surface area contributed by atoms with Crippen LogP contribution < -0.4 is 10.3 Å². The van der Waals surface area contributed by atoms with Gasteiger partial charge in [-0.2, -0.15) is 9.40 Å². The van der Waals surface area contributed by atoms with E-state index in [1.165, 1.54) is 27.9 Å². The van der Waals surface area contributed by atoms with Crippen molar-refractivity contribution in [2.75, 3.05) is 59.2 Å². The Morgan fingerprint density at radius 3 is 2.40 bits per heavy atom. The second-order valence-corrected chi connectivity index (χ2v) is 14.3. The molecule has 0 unspecified atom stereocenters. The average Bonchev–Trinajstić information content (AvgIpc) is 3.33. The van der Waals surface area contributed by atoms with Crippen LogP contribution in [-0.2, 0) is 33.0 Å². The molecule has 232 valence electrons. The molecule has 16 heteroatoms. The number of hydrogen-bond acceptors (Lipinski definition) is 10. The lowest BCUT2D eigenvalue weighted by Crippen LogP contribution is -2.48. The van der Waals surface area contributed by atoms with Gasteiger partial charge in [-0.15, -0.1) is 0 Å². The molecule has 1 aliphatic heterocycles. The van der Waals surface area contributed by atoms with Crippen LogP contribution in [0.25, 0.3) is 22.4 Å². The fraction of sp³-hybridized carbons (Fsp3) is 0.615. The second kappa shape index (κ2) is 13.2. The van der Waals surface area contributed by atoms with Gasteiger partial charge < -0.3 is 14.6 Å². The first-order valence-electron chi connectivity index (χ1n) is 14.2. The van der Waals surface area contributed by atoms with E-state index in [-0.39, 0.29) is 40.8 Å². The number of piperazine rings is 1. The Morgan fingerprint density at radius 1 is 1.07 bits per heavy atom. The molecule has 1 aliphatic rings. The lowest BCUT2D eigenvalue weighted by molar-refractivity contribution is 0.196. The van der Waals surface area contributed by atoms with Crippen LogP contribution in [0, 0.1) is 0 Å². The Labute approximate surface area is 246 Å². The van der Waals surface area contributed by atoms with Crippen molar-refractivity contribution >= 4 is 31.1 Å². The summed E-state index contributed by atoms with van der Waals surface area (Å²) < 4.78 is 61.0. The number of ether oxygens (including phenoxy) is 1. The first-order valence-corrected chi connectivity index (χ1v) is 17.5. The lowest BCUT2D eigenvalue weighted by atomic mass is 10.2. The second-order valence-electron chi connectivity index (χ2n) is 10.3. The zero-order valence-electron chi connectivity index (χ0n) is 24.8. The van der Waals surface area contributed by atoms with Crippen molar-refractivity contribution < 1.29 is 21.6 Å². The number of fused-ring (bicyclic) bond motifs is 1. The van der Waals surface area contributed by atoms with Gasteiger partial charge in [-0.3, -0.25) is 9.48 Å². The fourth-order valence-corrected chi connectivity index (χ4v) is 6.54. The molecule has 0 aromatic carbocycles. The number of H-pyrrole nitrogens is 1. The van der Waals surface area contributed by atoms with Crippen LogP contribution in [0.15, 0.2) is 22.0 Å². The summed E-state index contributed by atoms with van der Waals surface area (Å²) in [5.74, 6) is 0.280. The maximum absolute atomic E-state index is 13.6. The summed E-state index contributed by atoms with van der Waals surface area (Å²) in [6.45, 7) is 9.59. The molecule has 0 radical (unpaired) electrons. The highest BCUT2D eigenvalue weighted by molar-refractivity contribution is 7.89. The topological polar surface area (TPSA) is 164 Å². The van der Waals surface area contributed by atoms with E-state index in [1.54, 1.807) is 4.68 Å². The smallest absolute Gasteiger partial charge is 0.279 e. The van der Waals surface area contributed by atoms with E-state index in [2.05, 4.69) is 20.0 Å². The summed E-state index contributed by atoms with van der Waals surface area (Å²) in [7, 11) is -5.76. The van der Waals surface area contributed by atoms with Crippen LogP contribution in [-0.4, -0.2) is 114 Å². The van der Waals surface area contributed by atoms with Gasteiger partial charge >= 0.3 is 0 Å². The third-order valence-corrected chi connectivity index (χ3v) is 10.6. The Kier molecular flexibility index (Phi) is 10.0. The number of likely N-dealkylation sites (N-methyl/N-ethyl adjacent to an activating group) is 2. The Bertz CT molecular complexity index is 1680. The van der Waals surface area contributed by atoms with E-state index in [9.17, 15) is 21.6 Å². The van der Waals surface area contributed by atoms with Crippen LogP contribution in [0.5, 0.6) is 5.88 Å². The Balaban J connectivity index is 1.77. The molecule has 3 aromatic rings. The van der Waals surface area contributed by atoms with Gasteiger partial charge in [0.15, 0.2) is 5.52 Å². The molecule has 4 rings (SSSR count). The van der Waals surface area contributed by atoms with Gasteiger partial charge in [-0.05, 0) is 25.5 Å². The Hall–Kier alpha value is -2.92. The fourth-order valence-electron chi connectivity index (χ4n) is 4.74. The minimum atomic E-state index is -3.86. The summed E-state index contributed by atoms with van der Waals surface area (Å²) >= 11 is 0. The van der Waals surface area contributed by atoms with Crippen molar-refractivity contribution in [1.82, 2.24) is 38.2 Å². The number of hydrogen-bond donors (Lipinski definition) is 1. The molecule has 42 heavy (non-hydrogen) atoms. The normalized spacial score (nSPS) is 15.6. The van der Waals surface area contributed by atoms with E-state index in [0.29, 0.717) is 50.4 Å². The van der Waals surface area contributed by atoms with Crippen molar-refractivity contribution in [2.45, 2.75) is 51.5 Å². The van der Waals surface area contributed by atoms with Crippen molar-refractivity contribution in [3.63, 3.8) is 0 Å². The van der Waals surface area contributed by atoms with Gasteiger partial charge in [0, 0.05) is 39.8 Å². The van der Waals surface area contributed by atoms with E-state index in [1.807, 2.05) is 20.8 Å². The summed E-state index contributed by atoms with van der Waals surface area (Å²) in [5.41, 5.74) is 0.852. The van der Waals surface area contributed by atoms with Crippen molar-refractivity contribution in [1.29, 1.82) is 0 Å². The molecule has 0 aliphatic carbocycles. The van der Waals surface area contributed by atoms with E-state index >= 15 is 0 Å². The lowest BCUT2D eigenvalue weighted by Gasteiger charge is -2.33. The number of unbranched alkanes of at least 4 members (excludes halogenated alkanes) is 1. The molecule has 14 nitrogen and oxygen atoms in total. The third kappa shape index (κ3) is 6.83. The summed E-state index contributed by atoms with van der Waals surface area (Å²) in [6, 6.07) is 1.46. The third-order valence-electron chi connectivity index (χ3n) is 7.46. The van der Waals surface area contributed by atoms with Crippen LogP contribution >= 0.6 is 0 Å². The highest BCUT2D eigenvalue weighted by atomic mass is 32.2. The Morgan fingerprint density at radius 2 is 1.79 bits per heavy atom. The first kappa shape index (κ1) is 32.0. The molecule has 1 N–H and O–H groups in total. The molecule has 0 spiro atoms. The molecule has 4 heterocycles. The molecule has 1 fully saturated rings. The predicted octanol–water partition coefficient (Wildman–Crippen LogP) is 1.14. The predicted molar refractivity (Wildman–Crippen MR) is 160 cm³/mol. The van der Waals surface area contributed by atoms with Crippen molar-refractivity contribution in [3.8, 4) is 17.3 Å². The van der Waals surface area contributed by atoms with E-state index in [0.717, 1.165) is 25.6 Å². The van der Waals surface area contributed by atoms with Gasteiger partial charge in [0.1, 0.15) is 16.2 Å². The number of aromatic amines is 1. The quantitative estimate of drug-likeness (QED) is 0.273. The zero-order valence-corrected chi connectivity index (χ0v) is 26.5. The molecular formula is C26H40N8O6S2. The number of sulfonamides is 2. The summed E-state index contributed by atoms with van der Waals surface area (Å²) in [5, 5.41) is 4.42. The first-order chi connectivity index (χ1) is 19.9. The maximum Gasteiger partial charge on any atom is 0.279 e.